The summed E-state index contributed by atoms with van der Waals surface area (Å²) in [5, 5.41) is 10.3. The molecule has 0 spiro atoms. The molecule has 16 heavy (non-hydrogen) atoms. The maximum Gasteiger partial charge on any atom is 0.229 e. The fourth-order valence-corrected chi connectivity index (χ4v) is 1.66. The SMILES string of the molecule is Nc1nc(N2CCOCC2)nc2n[nH]nc12. The fourth-order valence-electron chi connectivity index (χ4n) is 1.66. The highest BCUT2D eigenvalue weighted by Gasteiger charge is 2.16. The maximum atomic E-state index is 5.78. The molecule has 0 saturated carbocycles. The minimum atomic E-state index is 0.347. The van der Waals surface area contributed by atoms with E-state index < -0.39 is 0 Å². The van der Waals surface area contributed by atoms with Crippen molar-refractivity contribution < 1.29 is 4.74 Å². The molecule has 0 aromatic carbocycles. The summed E-state index contributed by atoms with van der Waals surface area (Å²) in [6, 6.07) is 0. The molecule has 3 rings (SSSR count). The number of hydrogen-bond acceptors (Lipinski definition) is 7. The largest absolute Gasteiger partial charge is 0.382 e. The van der Waals surface area contributed by atoms with Crippen LogP contribution >= 0.6 is 0 Å². The summed E-state index contributed by atoms with van der Waals surface area (Å²) < 4.78 is 5.26. The van der Waals surface area contributed by atoms with Crippen molar-refractivity contribution in [2.24, 2.45) is 0 Å². The van der Waals surface area contributed by atoms with Crippen LogP contribution in [0, 0.1) is 0 Å². The summed E-state index contributed by atoms with van der Waals surface area (Å²) in [5.41, 5.74) is 6.78. The van der Waals surface area contributed by atoms with Crippen molar-refractivity contribution in [3.63, 3.8) is 0 Å². The lowest BCUT2D eigenvalue weighted by Crippen LogP contribution is -2.37. The fraction of sp³-hybridized carbons (Fsp3) is 0.500. The predicted molar refractivity (Wildman–Crippen MR) is 56.9 cm³/mol. The van der Waals surface area contributed by atoms with E-state index in [1.807, 2.05) is 4.90 Å². The molecule has 0 amide bonds. The molecular formula is C8H11N7O. The molecule has 0 bridgehead atoms. The van der Waals surface area contributed by atoms with Crippen LogP contribution in [0.15, 0.2) is 0 Å². The van der Waals surface area contributed by atoms with Crippen LogP contribution in [0.5, 0.6) is 0 Å². The summed E-state index contributed by atoms with van der Waals surface area (Å²) >= 11 is 0. The molecule has 3 heterocycles. The number of rotatable bonds is 1. The smallest absolute Gasteiger partial charge is 0.229 e. The average molecular weight is 221 g/mol. The molecule has 1 saturated heterocycles. The zero-order chi connectivity index (χ0) is 11.0. The number of nitrogens with one attached hydrogen (secondary N) is 1. The Kier molecular flexibility index (Phi) is 2.07. The van der Waals surface area contributed by atoms with E-state index in [1.54, 1.807) is 0 Å². The number of morpholine rings is 1. The number of fused-ring (bicyclic) bond motifs is 1. The van der Waals surface area contributed by atoms with Gasteiger partial charge in [0.25, 0.3) is 0 Å². The molecule has 0 atom stereocenters. The third kappa shape index (κ3) is 1.43. The summed E-state index contributed by atoms with van der Waals surface area (Å²) in [6.45, 7) is 2.89. The number of aromatic nitrogens is 5. The third-order valence-electron chi connectivity index (χ3n) is 2.49. The standard InChI is InChI=1S/C8H11N7O/c9-6-5-7(13-14-12-5)11-8(10-6)15-1-3-16-4-2-15/h1-4H2,(H3,9,10,11,12,13,14). The maximum absolute atomic E-state index is 5.78. The van der Waals surface area contributed by atoms with Gasteiger partial charge in [0.2, 0.25) is 11.6 Å². The first-order valence-corrected chi connectivity index (χ1v) is 5.01. The first-order chi connectivity index (χ1) is 7.84. The molecule has 2 aromatic heterocycles. The van der Waals surface area contributed by atoms with Crippen LogP contribution in [0.1, 0.15) is 0 Å². The Morgan fingerprint density at radius 3 is 2.81 bits per heavy atom. The summed E-state index contributed by atoms with van der Waals surface area (Å²) in [5.74, 6) is 0.933. The quantitative estimate of drug-likeness (QED) is 0.647. The minimum Gasteiger partial charge on any atom is -0.382 e. The first-order valence-electron chi connectivity index (χ1n) is 5.01. The van der Waals surface area contributed by atoms with Gasteiger partial charge >= 0.3 is 0 Å². The van der Waals surface area contributed by atoms with Crippen LogP contribution in [0.4, 0.5) is 11.8 Å². The number of ether oxygens (including phenoxy) is 1. The molecule has 0 unspecified atom stereocenters. The first kappa shape index (κ1) is 9.28. The number of nitrogens with zero attached hydrogens (tertiary/aromatic N) is 5. The molecule has 84 valence electrons. The molecule has 1 fully saturated rings. The van der Waals surface area contributed by atoms with E-state index in [1.165, 1.54) is 0 Å². The molecule has 0 aliphatic carbocycles. The van der Waals surface area contributed by atoms with Gasteiger partial charge in [0.1, 0.15) is 0 Å². The monoisotopic (exact) mass is 221 g/mol. The van der Waals surface area contributed by atoms with E-state index >= 15 is 0 Å². The van der Waals surface area contributed by atoms with Gasteiger partial charge in [0.15, 0.2) is 11.3 Å². The zero-order valence-electron chi connectivity index (χ0n) is 8.55. The summed E-state index contributed by atoms with van der Waals surface area (Å²) in [6.07, 6.45) is 0. The van der Waals surface area contributed by atoms with E-state index in [2.05, 4.69) is 25.4 Å². The van der Waals surface area contributed by atoms with E-state index in [4.69, 9.17) is 10.5 Å². The molecular weight excluding hydrogens is 210 g/mol. The molecule has 1 aliphatic heterocycles. The highest BCUT2D eigenvalue weighted by Crippen LogP contribution is 2.17. The second kappa shape index (κ2) is 3.56. The highest BCUT2D eigenvalue weighted by molar-refractivity contribution is 5.81. The van der Waals surface area contributed by atoms with Crippen LogP contribution in [-0.4, -0.2) is 51.7 Å². The van der Waals surface area contributed by atoms with Gasteiger partial charge in [-0.25, -0.2) is 0 Å². The second-order valence-corrected chi connectivity index (χ2v) is 3.50. The van der Waals surface area contributed by atoms with Gasteiger partial charge in [0, 0.05) is 13.1 Å². The Morgan fingerprint density at radius 2 is 2.00 bits per heavy atom. The Morgan fingerprint density at radius 1 is 1.19 bits per heavy atom. The van der Waals surface area contributed by atoms with E-state index in [0.717, 1.165) is 13.1 Å². The number of H-pyrrole nitrogens is 1. The average Bonchev–Trinajstić information content (AvgIpc) is 2.79. The Bertz CT molecular complexity index is 504. The number of aromatic amines is 1. The van der Waals surface area contributed by atoms with E-state index in [0.29, 0.717) is 36.1 Å². The second-order valence-electron chi connectivity index (χ2n) is 3.50. The molecule has 2 aromatic rings. The van der Waals surface area contributed by atoms with Crippen molar-refractivity contribution in [1.29, 1.82) is 0 Å². The molecule has 0 radical (unpaired) electrons. The lowest BCUT2D eigenvalue weighted by atomic mass is 10.4. The lowest BCUT2D eigenvalue weighted by molar-refractivity contribution is 0.122. The number of nitrogen functional groups attached to an aromatic ring is 1. The van der Waals surface area contributed by atoms with Crippen molar-refractivity contribution in [2.75, 3.05) is 36.9 Å². The van der Waals surface area contributed by atoms with Gasteiger partial charge < -0.3 is 15.4 Å². The van der Waals surface area contributed by atoms with Crippen LogP contribution in [0.2, 0.25) is 0 Å². The van der Waals surface area contributed by atoms with E-state index in [-0.39, 0.29) is 0 Å². The van der Waals surface area contributed by atoms with Gasteiger partial charge in [-0.3, -0.25) is 0 Å². The molecule has 8 heteroatoms. The normalized spacial score (nSPS) is 16.9. The number of hydrogen-bond donors (Lipinski definition) is 2. The van der Waals surface area contributed by atoms with Crippen LogP contribution < -0.4 is 10.6 Å². The van der Waals surface area contributed by atoms with Crippen molar-refractivity contribution >= 4 is 22.9 Å². The van der Waals surface area contributed by atoms with Crippen molar-refractivity contribution in [2.45, 2.75) is 0 Å². The van der Waals surface area contributed by atoms with Gasteiger partial charge in [-0.1, -0.05) is 0 Å². The van der Waals surface area contributed by atoms with Gasteiger partial charge in [-0.05, 0) is 0 Å². The van der Waals surface area contributed by atoms with Crippen LogP contribution in [0.25, 0.3) is 11.2 Å². The van der Waals surface area contributed by atoms with Crippen molar-refractivity contribution in [3.8, 4) is 0 Å². The Balaban J connectivity index is 2.02. The third-order valence-corrected chi connectivity index (χ3v) is 2.49. The highest BCUT2D eigenvalue weighted by atomic mass is 16.5. The van der Waals surface area contributed by atoms with E-state index in [9.17, 15) is 0 Å². The minimum absolute atomic E-state index is 0.347. The van der Waals surface area contributed by atoms with Crippen LogP contribution in [0.3, 0.4) is 0 Å². The van der Waals surface area contributed by atoms with Gasteiger partial charge in [0.05, 0.1) is 13.2 Å². The number of anilines is 2. The predicted octanol–water partition coefficient (Wildman–Crippen LogP) is -0.833. The number of nitrogens with two attached hydrogens (primary N) is 1. The van der Waals surface area contributed by atoms with Gasteiger partial charge in [-0.2, -0.15) is 20.3 Å². The van der Waals surface area contributed by atoms with Crippen molar-refractivity contribution in [3.05, 3.63) is 0 Å². The Labute approximate surface area is 90.8 Å². The topological polar surface area (TPSA) is 106 Å². The Hall–Kier alpha value is -1.96. The molecule has 3 N–H and O–H groups in total. The zero-order valence-corrected chi connectivity index (χ0v) is 8.55. The lowest BCUT2D eigenvalue weighted by Gasteiger charge is -2.26. The van der Waals surface area contributed by atoms with Crippen LogP contribution in [-0.2, 0) is 4.74 Å². The molecule has 8 nitrogen and oxygen atoms in total. The molecule has 1 aliphatic rings. The van der Waals surface area contributed by atoms with Gasteiger partial charge in [-0.15, -0.1) is 5.10 Å². The summed E-state index contributed by atoms with van der Waals surface area (Å²) in [4.78, 5) is 10.5. The summed E-state index contributed by atoms with van der Waals surface area (Å²) in [7, 11) is 0. The van der Waals surface area contributed by atoms with Crippen molar-refractivity contribution in [1.82, 2.24) is 25.4 Å².